The first-order valence-corrected chi connectivity index (χ1v) is 6.19. The largest absolute Gasteiger partial charge is 0.506 e. The van der Waals surface area contributed by atoms with Gasteiger partial charge >= 0.3 is 0 Å². The molecule has 19 heavy (non-hydrogen) atoms. The average Bonchev–Trinajstić information content (AvgIpc) is 2.64. The number of hydrogen-bond acceptors (Lipinski definition) is 4. The van der Waals surface area contributed by atoms with E-state index in [1.807, 2.05) is 14.0 Å². The lowest BCUT2D eigenvalue weighted by Crippen LogP contribution is -2.02. The molecule has 0 saturated carbocycles. The third-order valence-corrected chi connectivity index (χ3v) is 3.20. The van der Waals surface area contributed by atoms with Crippen LogP contribution in [0.1, 0.15) is 11.3 Å². The van der Waals surface area contributed by atoms with Crippen molar-refractivity contribution in [2.45, 2.75) is 13.5 Å². The molecule has 0 unspecified atom stereocenters. The smallest absolute Gasteiger partial charge is 0.216 e. The summed E-state index contributed by atoms with van der Waals surface area (Å²) in [6, 6.07) is 4.99. The van der Waals surface area contributed by atoms with Gasteiger partial charge in [-0.15, -0.1) is 0 Å². The minimum Gasteiger partial charge on any atom is -0.506 e. The highest BCUT2D eigenvalue weighted by atomic mass is 35.5. The molecular weight excluding hydrogens is 266 g/mol. The molecule has 0 aliphatic carbocycles. The quantitative estimate of drug-likeness (QED) is 0.846. The Labute approximate surface area is 116 Å². The minimum absolute atomic E-state index is 0.0716. The molecule has 0 aliphatic heterocycles. The fourth-order valence-corrected chi connectivity index (χ4v) is 2.13. The summed E-state index contributed by atoms with van der Waals surface area (Å²) in [5, 5.41) is 17.2. The van der Waals surface area contributed by atoms with Gasteiger partial charge in [0.25, 0.3) is 0 Å². The van der Waals surface area contributed by atoms with Gasteiger partial charge in [-0.1, -0.05) is 11.6 Å². The van der Waals surface area contributed by atoms with E-state index in [1.165, 1.54) is 0 Å². The Morgan fingerprint density at radius 1 is 1.47 bits per heavy atom. The number of nitrogens with one attached hydrogen (secondary N) is 1. The predicted octanol–water partition coefficient (Wildman–Crippen LogP) is 2.71. The van der Waals surface area contributed by atoms with Crippen LogP contribution in [0.25, 0.3) is 0 Å². The van der Waals surface area contributed by atoms with Gasteiger partial charge in [0.2, 0.25) is 5.88 Å². The van der Waals surface area contributed by atoms with E-state index in [2.05, 4.69) is 10.4 Å². The molecule has 2 aromatic rings. The number of rotatable bonds is 4. The number of aryl methyl sites for hydroxylation is 2. The van der Waals surface area contributed by atoms with Gasteiger partial charge in [0.15, 0.2) is 0 Å². The molecule has 0 bridgehead atoms. The van der Waals surface area contributed by atoms with Gasteiger partial charge in [0.05, 0.1) is 23.4 Å². The van der Waals surface area contributed by atoms with Gasteiger partial charge in [-0.3, -0.25) is 0 Å². The number of ether oxygens (including phenoxy) is 1. The van der Waals surface area contributed by atoms with Crippen molar-refractivity contribution in [3.05, 3.63) is 34.5 Å². The summed E-state index contributed by atoms with van der Waals surface area (Å²) in [6.07, 6.45) is 0. The Kier molecular flexibility index (Phi) is 3.85. The van der Waals surface area contributed by atoms with Crippen LogP contribution in [-0.4, -0.2) is 22.0 Å². The monoisotopic (exact) mass is 281 g/mol. The van der Waals surface area contributed by atoms with Crippen molar-refractivity contribution in [1.29, 1.82) is 0 Å². The van der Waals surface area contributed by atoms with Crippen LogP contribution in [0, 0.1) is 6.92 Å². The number of halogens is 1. The van der Waals surface area contributed by atoms with Crippen molar-refractivity contribution in [2.75, 3.05) is 12.4 Å². The van der Waals surface area contributed by atoms with Crippen LogP contribution in [0.2, 0.25) is 5.02 Å². The maximum absolute atomic E-state index is 9.37. The maximum Gasteiger partial charge on any atom is 0.216 e. The van der Waals surface area contributed by atoms with E-state index in [0.29, 0.717) is 11.6 Å². The molecule has 6 heteroatoms. The van der Waals surface area contributed by atoms with E-state index >= 15 is 0 Å². The zero-order chi connectivity index (χ0) is 14.0. The van der Waals surface area contributed by atoms with E-state index in [9.17, 15) is 5.11 Å². The number of benzene rings is 1. The van der Waals surface area contributed by atoms with Gasteiger partial charge in [0, 0.05) is 19.3 Å². The van der Waals surface area contributed by atoms with Gasteiger partial charge in [-0.05, 0) is 25.1 Å². The highest BCUT2D eigenvalue weighted by molar-refractivity contribution is 6.32. The minimum atomic E-state index is 0.0716. The standard InChI is InChI=1S/C13H16ClN3O2/c1-8-10(13(19-3)17(2)16-8)7-15-9-4-5-12(18)11(14)6-9/h4-6,15,18H,7H2,1-3H3. The molecule has 5 nitrogen and oxygen atoms in total. The van der Waals surface area contributed by atoms with E-state index in [4.69, 9.17) is 16.3 Å². The van der Waals surface area contributed by atoms with Crippen molar-refractivity contribution in [3.8, 4) is 11.6 Å². The third kappa shape index (κ3) is 2.76. The van der Waals surface area contributed by atoms with E-state index in [-0.39, 0.29) is 5.75 Å². The summed E-state index contributed by atoms with van der Waals surface area (Å²) in [5.74, 6) is 0.803. The lowest BCUT2D eigenvalue weighted by Gasteiger charge is -2.09. The first kappa shape index (κ1) is 13.5. The van der Waals surface area contributed by atoms with Gasteiger partial charge in [-0.2, -0.15) is 5.10 Å². The number of phenols is 1. The Morgan fingerprint density at radius 2 is 2.21 bits per heavy atom. The van der Waals surface area contributed by atoms with Gasteiger partial charge in [-0.25, -0.2) is 4.68 Å². The van der Waals surface area contributed by atoms with Crippen LogP contribution in [0.5, 0.6) is 11.6 Å². The van der Waals surface area contributed by atoms with Crippen molar-refractivity contribution in [2.24, 2.45) is 7.05 Å². The number of aromatic nitrogens is 2. The summed E-state index contributed by atoms with van der Waals surface area (Å²) in [6.45, 7) is 2.51. The SMILES string of the molecule is COc1c(CNc2ccc(O)c(Cl)c2)c(C)nn1C. The summed E-state index contributed by atoms with van der Waals surface area (Å²) in [5.41, 5.74) is 2.74. The summed E-state index contributed by atoms with van der Waals surface area (Å²) >= 11 is 5.86. The lowest BCUT2D eigenvalue weighted by molar-refractivity contribution is 0.370. The van der Waals surface area contributed by atoms with Crippen LogP contribution >= 0.6 is 11.6 Å². The van der Waals surface area contributed by atoms with Crippen molar-refractivity contribution in [1.82, 2.24) is 9.78 Å². The Balaban J connectivity index is 2.16. The van der Waals surface area contributed by atoms with Gasteiger partial charge in [0.1, 0.15) is 5.75 Å². The number of anilines is 1. The number of aromatic hydroxyl groups is 1. The second-order valence-electron chi connectivity index (χ2n) is 4.22. The molecule has 0 amide bonds. The van der Waals surface area contributed by atoms with E-state index < -0.39 is 0 Å². The molecule has 2 N–H and O–H groups in total. The first-order valence-electron chi connectivity index (χ1n) is 5.81. The van der Waals surface area contributed by atoms with Crippen molar-refractivity contribution in [3.63, 3.8) is 0 Å². The topological polar surface area (TPSA) is 59.3 Å². The summed E-state index contributed by atoms with van der Waals surface area (Å²) < 4.78 is 7.03. The highest BCUT2D eigenvalue weighted by Crippen LogP contribution is 2.27. The van der Waals surface area contributed by atoms with Gasteiger partial charge < -0.3 is 15.2 Å². The second kappa shape index (κ2) is 5.40. The van der Waals surface area contributed by atoms with Crippen molar-refractivity contribution >= 4 is 17.3 Å². The normalized spacial score (nSPS) is 10.5. The maximum atomic E-state index is 9.37. The summed E-state index contributed by atoms with van der Waals surface area (Å²) in [7, 11) is 3.46. The van der Waals surface area contributed by atoms with Crippen LogP contribution in [0.4, 0.5) is 5.69 Å². The first-order chi connectivity index (χ1) is 9.02. The zero-order valence-corrected chi connectivity index (χ0v) is 11.8. The number of methoxy groups -OCH3 is 1. The fraction of sp³-hybridized carbons (Fsp3) is 0.308. The Bertz CT molecular complexity index is 596. The Morgan fingerprint density at radius 3 is 2.84 bits per heavy atom. The fourth-order valence-electron chi connectivity index (χ4n) is 1.95. The molecule has 1 aromatic heterocycles. The number of phenolic OH excluding ortho intramolecular Hbond substituents is 1. The lowest BCUT2D eigenvalue weighted by atomic mass is 10.2. The molecule has 0 radical (unpaired) electrons. The average molecular weight is 282 g/mol. The predicted molar refractivity (Wildman–Crippen MR) is 74.9 cm³/mol. The van der Waals surface area contributed by atoms with Crippen LogP contribution in [0.15, 0.2) is 18.2 Å². The number of nitrogens with zero attached hydrogens (tertiary/aromatic N) is 2. The highest BCUT2D eigenvalue weighted by Gasteiger charge is 2.13. The van der Waals surface area contributed by atoms with Crippen LogP contribution in [0.3, 0.4) is 0 Å². The molecule has 0 aliphatic rings. The molecule has 0 fully saturated rings. The van der Waals surface area contributed by atoms with Crippen LogP contribution < -0.4 is 10.1 Å². The molecule has 0 spiro atoms. The van der Waals surface area contributed by atoms with E-state index in [1.54, 1.807) is 30.0 Å². The number of hydrogen-bond donors (Lipinski definition) is 2. The molecular formula is C13H16ClN3O2. The van der Waals surface area contributed by atoms with Crippen molar-refractivity contribution < 1.29 is 9.84 Å². The molecule has 102 valence electrons. The zero-order valence-electron chi connectivity index (χ0n) is 11.1. The second-order valence-corrected chi connectivity index (χ2v) is 4.62. The van der Waals surface area contributed by atoms with E-state index in [0.717, 1.165) is 22.8 Å². The summed E-state index contributed by atoms with van der Waals surface area (Å²) in [4.78, 5) is 0. The van der Waals surface area contributed by atoms with Crippen LogP contribution in [-0.2, 0) is 13.6 Å². The molecule has 0 atom stereocenters. The molecule has 1 aromatic carbocycles. The molecule has 1 heterocycles. The Hall–Kier alpha value is -1.88. The third-order valence-electron chi connectivity index (χ3n) is 2.90. The molecule has 0 saturated heterocycles. The molecule has 2 rings (SSSR count).